The molecule has 0 spiro atoms. The predicted octanol–water partition coefficient (Wildman–Crippen LogP) is 3.10. The van der Waals surface area contributed by atoms with Crippen LogP contribution in [0.1, 0.15) is 15.9 Å². The number of hydrogen-bond donors (Lipinski definition) is 0. The van der Waals surface area contributed by atoms with E-state index in [1.807, 2.05) is 0 Å². The van der Waals surface area contributed by atoms with Gasteiger partial charge in [-0.2, -0.15) is 0 Å². The minimum absolute atomic E-state index is 0.00322. The van der Waals surface area contributed by atoms with Crippen LogP contribution in [0.25, 0.3) is 6.08 Å². The highest BCUT2D eigenvalue weighted by Gasteiger charge is 2.25. The van der Waals surface area contributed by atoms with Crippen LogP contribution in [-0.2, 0) is 0 Å². The topological polar surface area (TPSA) is 103 Å². The van der Waals surface area contributed by atoms with Gasteiger partial charge in [0.1, 0.15) is 0 Å². The number of para-hydroxylation sites is 1. The SMILES string of the molecule is O=C(C(=Cc1ccccc1[N+](=O)[O-])[N+](=O)[O-])c1ccccc1. The Hall–Kier alpha value is -3.35. The summed E-state index contributed by atoms with van der Waals surface area (Å²) in [6.07, 6.45) is 0.924. The van der Waals surface area contributed by atoms with Crippen LogP contribution in [0.2, 0.25) is 0 Å². The van der Waals surface area contributed by atoms with Crippen molar-refractivity contribution in [2.45, 2.75) is 0 Å². The van der Waals surface area contributed by atoms with Gasteiger partial charge in [-0.15, -0.1) is 0 Å². The van der Waals surface area contributed by atoms with Crippen LogP contribution in [0.4, 0.5) is 5.69 Å². The summed E-state index contributed by atoms with van der Waals surface area (Å²) in [7, 11) is 0. The molecule has 2 aromatic carbocycles. The molecule has 0 bridgehead atoms. The lowest BCUT2D eigenvalue weighted by molar-refractivity contribution is -0.415. The van der Waals surface area contributed by atoms with Crippen molar-refractivity contribution in [1.29, 1.82) is 0 Å². The highest BCUT2D eigenvalue weighted by atomic mass is 16.6. The molecule has 22 heavy (non-hydrogen) atoms. The molecule has 0 aliphatic heterocycles. The lowest BCUT2D eigenvalue weighted by atomic mass is 10.1. The van der Waals surface area contributed by atoms with Crippen LogP contribution >= 0.6 is 0 Å². The molecule has 7 nitrogen and oxygen atoms in total. The number of Topliss-reactive ketones (excluding diaryl/α,β-unsaturated/α-hetero) is 1. The number of nitro groups is 2. The lowest BCUT2D eigenvalue weighted by Crippen LogP contribution is -2.11. The van der Waals surface area contributed by atoms with E-state index in [1.54, 1.807) is 18.2 Å². The summed E-state index contributed by atoms with van der Waals surface area (Å²) in [4.78, 5) is 32.8. The van der Waals surface area contributed by atoms with E-state index in [0.717, 1.165) is 6.08 Å². The number of nitro benzene ring substituents is 1. The zero-order chi connectivity index (χ0) is 16.1. The van der Waals surface area contributed by atoms with E-state index in [-0.39, 0.29) is 16.8 Å². The van der Waals surface area contributed by atoms with Gasteiger partial charge in [0.15, 0.2) is 0 Å². The maximum Gasteiger partial charge on any atom is 0.317 e. The van der Waals surface area contributed by atoms with Gasteiger partial charge in [-0.1, -0.05) is 42.5 Å². The summed E-state index contributed by atoms with van der Waals surface area (Å²) in [5.74, 6) is -0.802. The second kappa shape index (κ2) is 6.40. The number of carbonyl (C=O) groups is 1. The van der Waals surface area contributed by atoms with E-state index >= 15 is 0 Å². The molecule has 0 aromatic heterocycles. The van der Waals surface area contributed by atoms with E-state index in [4.69, 9.17) is 0 Å². The molecule has 0 aliphatic carbocycles. The van der Waals surface area contributed by atoms with Gasteiger partial charge in [0.25, 0.3) is 11.5 Å². The highest BCUT2D eigenvalue weighted by Crippen LogP contribution is 2.22. The summed E-state index contributed by atoms with van der Waals surface area (Å²) in [6.45, 7) is 0. The number of allylic oxidation sites excluding steroid dienone is 1. The Morgan fingerprint density at radius 3 is 2.09 bits per heavy atom. The molecule has 0 amide bonds. The van der Waals surface area contributed by atoms with Crippen molar-refractivity contribution in [3.05, 3.63) is 91.6 Å². The second-order valence-electron chi connectivity index (χ2n) is 4.30. The Labute approximate surface area is 124 Å². The number of nitrogens with zero attached hydrogens (tertiary/aromatic N) is 2. The Morgan fingerprint density at radius 2 is 1.50 bits per heavy atom. The molecule has 0 atom stereocenters. The molecule has 0 unspecified atom stereocenters. The van der Waals surface area contributed by atoms with Crippen molar-refractivity contribution in [3.63, 3.8) is 0 Å². The molecule has 110 valence electrons. The van der Waals surface area contributed by atoms with Crippen molar-refractivity contribution in [3.8, 4) is 0 Å². The summed E-state index contributed by atoms with van der Waals surface area (Å²) < 4.78 is 0. The first kappa shape index (κ1) is 15.0. The predicted molar refractivity (Wildman–Crippen MR) is 78.8 cm³/mol. The van der Waals surface area contributed by atoms with E-state index in [9.17, 15) is 25.0 Å². The van der Waals surface area contributed by atoms with E-state index in [2.05, 4.69) is 0 Å². The fourth-order valence-corrected chi connectivity index (χ4v) is 1.86. The molecule has 0 saturated carbocycles. The zero-order valence-electron chi connectivity index (χ0n) is 11.2. The Bertz CT molecular complexity index is 769. The maximum atomic E-state index is 12.2. The van der Waals surface area contributed by atoms with Crippen LogP contribution in [0.3, 0.4) is 0 Å². The lowest BCUT2D eigenvalue weighted by Gasteiger charge is -2.00. The van der Waals surface area contributed by atoms with E-state index in [1.165, 1.54) is 36.4 Å². The number of hydrogen-bond acceptors (Lipinski definition) is 5. The largest absolute Gasteiger partial charge is 0.317 e. The number of rotatable bonds is 5. The molecule has 0 N–H and O–H groups in total. The van der Waals surface area contributed by atoms with Crippen LogP contribution in [0, 0.1) is 20.2 Å². The minimum atomic E-state index is -0.841. The fourth-order valence-electron chi connectivity index (χ4n) is 1.86. The molecule has 2 rings (SSSR count). The third-order valence-corrected chi connectivity index (χ3v) is 2.89. The summed E-state index contributed by atoms with van der Waals surface area (Å²) in [6, 6.07) is 13.2. The first-order chi connectivity index (χ1) is 10.5. The van der Waals surface area contributed by atoms with Crippen LogP contribution in [0.15, 0.2) is 60.3 Å². The normalized spacial score (nSPS) is 11.0. The van der Waals surface area contributed by atoms with Crippen LogP contribution in [-0.4, -0.2) is 15.6 Å². The van der Waals surface area contributed by atoms with Crippen LogP contribution in [0.5, 0.6) is 0 Å². The van der Waals surface area contributed by atoms with E-state index in [0.29, 0.717) is 0 Å². The van der Waals surface area contributed by atoms with Crippen molar-refractivity contribution in [1.82, 2.24) is 0 Å². The Morgan fingerprint density at radius 1 is 0.909 bits per heavy atom. The summed E-state index contributed by atoms with van der Waals surface area (Å²) >= 11 is 0. The number of benzene rings is 2. The standard InChI is InChI=1S/C15H10N2O5/c18-15(11-6-2-1-3-7-11)14(17(21)22)10-12-8-4-5-9-13(12)16(19)20/h1-10H. The molecule has 2 aromatic rings. The van der Waals surface area contributed by atoms with Gasteiger partial charge in [-0.05, 0) is 6.07 Å². The number of ketones is 1. The second-order valence-corrected chi connectivity index (χ2v) is 4.30. The highest BCUT2D eigenvalue weighted by molar-refractivity contribution is 6.09. The van der Waals surface area contributed by atoms with Gasteiger partial charge >= 0.3 is 5.70 Å². The average Bonchev–Trinajstić information content (AvgIpc) is 2.52. The van der Waals surface area contributed by atoms with E-state index < -0.39 is 21.3 Å². The maximum absolute atomic E-state index is 12.2. The van der Waals surface area contributed by atoms with Gasteiger partial charge in [0.2, 0.25) is 0 Å². The average molecular weight is 298 g/mol. The summed E-state index contributed by atoms with van der Waals surface area (Å²) in [5.41, 5.74) is -0.879. The first-order valence-electron chi connectivity index (χ1n) is 6.20. The van der Waals surface area contributed by atoms with Gasteiger partial charge < -0.3 is 0 Å². The zero-order valence-corrected chi connectivity index (χ0v) is 11.2. The van der Waals surface area contributed by atoms with Gasteiger partial charge in [-0.25, -0.2) is 0 Å². The first-order valence-corrected chi connectivity index (χ1v) is 6.20. The van der Waals surface area contributed by atoms with Crippen molar-refractivity contribution in [2.75, 3.05) is 0 Å². The molecule has 0 aliphatic rings. The molecular formula is C15H10N2O5. The quantitative estimate of drug-likeness (QED) is 0.365. The number of carbonyl (C=O) groups excluding carboxylic acids is 1. The van der Waals surface area contributed by atoms with Crippen molar-refractivity contribution in [2.24, 2.45) is 0 Å². The molecular weight excluding hydrogens is 288 g/mol. The third-order valence-electron chi connectivity index (χ3n) is 2.89. The molecule has 0 saturated heterocycles. The van der Waals surface area contributed by atoms with Crippen molar-refractivity contribution < 1.29 is 14.6 Å². The Balaban J connectivity index is 2.52. The monoisotopic (exact) mass is 298 g/mol. The van der Waals surface area contributed by atoms with Crippen molar-refractivity contribution >= 4 is 17.5 Å². The van der Waals surface area contributed by atoms with Gasteiger partial charge in [0.05, 0.1) is 15.4 Å². The molecule has 0 radical (unpaired) electrons. The third kappa shape index (κ3) is 3.21. The Kier molecular flexibility index (Phi) is 4.38. The van der Waals surface area contributed by atoms with Gasteiger partial charge in [-0.3, -0.25) is 25.0 Å². The molecule has 0 fully saturated rings. The molecule has 0 heterocycles. The van der Waals surface area contributed by atoms with Crippen LogP contribution < -0.4 is 0 Å². The fraction of sp³-hybridized carbons (Fsp3) is 0. The van der Waals surface area contributed by atoms with Gasteiger partial charge in [0, 0.05) is 17.7 Å². The smallest absolute Gasteiger partial charge is 0.282 e. The summed E-state index contributed by atoms with van der Waals surface area (Å²) in [5, 5.41) is 22.1. The minimum Gasteiger partial charge on any atom is -0.282 e. The molecule has 7 heteroatoms.